The van der Waals surface area contributed by atoms with Crippen LogP contribution in [0.3, 0.4) is 0 Å². The third-order valence-corrected chi connectivity index (χ3v) is 2.04. The molecule has 0 fully saturated rings. The summed E-state index contributed by atoms with van der Waals surface area (Å²) in [6.07, 6.45) is 2.27. The molecule has 2 nitrogen and oxygen atoms in total. The molecular weight excluding hydrogens is 172 g/mol. The lowest BCUT2D eigenvalue weighted by Crippen LogP contribution is -2.16. The third kappa shape index (κ3) is 2.92. The summed E-state index contributed by atoms with van der Waals surface area (Å²) < 4.78 is 0. The van der Waals surface area contributed by atoms with E-state index in [0.29, 0.717) is 12.8 Å². The van der Waals surface area contributed by atoms with Crippen LogP contribution in [-0.4, -0.2) is 0 Å². The van der Waals surface area contributed by atoms with Crippen molar-refractivity contribution in [1.82, 2.24) is 0 Å². The van der Waals surface area contributed by atoms with Gasteiger partial charge in [0.05, 0.1) is 12.1 Å². The van der Waals surface area contributed by atoms with E-state index in [1.807, 2.05) is 19.1 Å². The summed E-state index contributed by atoms with van der Waals surface area (Å²) in [5.41, 5.74) is 0.525. The lowest BCUT2D eigenvalue weighted by atomic mass is 9.80. The van der Waals surface area contributed by atoms with Gasteiger partial charge in [0.1, 0.15) is 0 Å². The fourth-order valence-corrected chi connectivity index (χ4v) is 1.03. The first-order valence-corrected chi connectivity index (χ1v) is 4.28. The van der Waals surface area contributed by atoms with Crippen LogP contribution < -0.4 is 0 Å². The molecule has 0 radical (unpaired) electrons. The minimum Gasteiger partial charge on any atom is -0.197 e. The summed E-state index contributed by atoms with van der Waals surface area (Å²) in [4.78, 5) is 0. The molecule has 0 unspecified atom stereocenters. The summed E-state index contributed by atoms with van der Waals surface area (Å²) in [7, 11) is 0. The SMILES string of the molecule is C=CCC(C#N)(C#N)CC(=C)C(=C)C. The summed E-state index contributed by atoms with van der Waals surface area (Å²) in [6.45, 7) is 12.9. The van der Waals surface area contributed by atoms with Crippen LogP contribution in [0.15, 0.2) is 37.0 Å². The molecule has 0 amide bonds. The summed E-state index contributed by atoms with van der Waals surface area (Å²) in [5, 5.41) is 17.9. The van der Waals surface area contributed by atoms with Crippen LogP contribution in [0, 0.1) is 28.1 Å². The second-order valence-corrected chi connectivity index (χ2v) is 3.36. The highest BCUT2D eigenvalue weighted by Gasteiger charge is 2.29. The van der Waals surface area contributed by atoms with Gasteiger partial charge in [0, 0.05) is 6.42 Å². The Balaban J connectivity index is 4.80. The molecule has 0 aliphatic carbocycles. The van der Waals surface area contributed by atoms with E-state index in [1.54, 1.807) is 6.08 Å². The average Bonchev–Trinajstić information content (AvgIpc) is 2.16. The lowest BCUT2D eigenvalue weighted by molar-refractivity contribution is 0.527. The quantitative estimate of drug-likeness (QED) is 0.489. The molecule has 0 saturated heterocycles. The van der Waals surface area contributed by atoms with Gasteiger partial charge < -0.3 is 0 Å². The normalized spacial score (nSPS) is 9.64. The Morgan fingerprint density at radius 3 is 2.14 bits per heavy atom. The van der Waals surface area contributed by atoms with Gasteiger partial charge in [-0.3, -0.25) is 0 Å². The van der Waals surface area contributed by atoms with Crippen molar-refractivity contribution in [1.29, 1.82) is 10.5 Å². The Morgan fingerprint density at radius 2 is 1.86 bits per heavy atom. The lowest BCUT2D eigenvalue weighted by Gasteiger charge is -2.17. The van der Waals surface area contributed by atoms with E-state index in [-0.39, 0.29) is 0 Å². The fourth-order valence-electron chi connectivity index (χ4n) is 1.03. The minimum absolute atomic E-state index is 0.335. The fraction of sp³-hybridized carbons (Fsp3) is 0.333. The van der Waals surface area contributed by atoms with Crippen molar-refractivity contribution in [3.8, 4) is 12.1 Å². The molecule has 2 heteroatoms. The molecule has 0 aliphatic heterocycles. The summed E-state index contributed by atoms with van der Waals surface area (Å²) >= 11 is 0. The molecule has 0 atom stereocenters. The van der Waals surface area contributed by atoms with Crippen LogP contribution in [-0.2, 0) is 0 Å². The van der Waals surface area contributed by atoms with Crippen LogP contribution in [0.4, 0.5) is 0 Å². The van der Waals surface area contributed by atoms with Gasteiger partial charge >= 0.3 is 0 Å². The molecule has 0 aromatic heterocycles. The van der Waals surface area contributed by atoms with Gasteiger partial charge in [-0.1, -0.05) is 30.4 Å². The largest absolute Gasteiger partial charge is 0.197 e. The second kappa shape index (κ2) is 5.04. The molecule has 0 saturated carbocycles. The van der Waals surface area contributed by atoms with Crippen LogP contribution in [0.2, 0.25) is 0 Å². The van der Waals surface area contributed by atoms with Crippen molar-refractivity contribution in [2.45, 2.75) is 19.8 Å². The van der Waals surface area contributed by atoms with E-state index in [1.165, 1.54) is 0 Å². The number of hydrogen-bond acceptors (Lipinski definition) is 2. The van der Waals surface area contributed by atoms with Crippen molar-refractivity contribution >= 4 is 0 Å². The molecule has 0 heterocycles. The number of nitriles is 2. The Kier molecular flexibility index (Phi) is 4.40. The third-order valence-electron chi connectivity index (χ3n) is 2.04. The van der Waals surface area contributed by atoms with Crippen LogP contribution >= 0.6 is 0 Å². The molecule has 0 aromatic rings. The van der Waals surface area contributed by atoms with Gasteiger partial charge in [0.25, 0.3) is 0 Å². The van der Waals surface area contributed by atoms with Gasteiger partial charge in [-0.2, -0.15) is 10.5 Å². The standard InChI is InChI=1S/C12H14N2/c1-5-6-12(8-13,9-14)7-11(4)10(2)3/h5H,1-2,4,6-7H2,3H3. The van der Waals surface area contributed by atoms with E-state index < -0.39 is 5.41 Å². The highest BCUT2D eigenvalue weighted by molar-refractivity contribution is 5.30. The highest BCUT2D eigenvalue weighted by Crippen LogP contribution is 2.30. The van der Waals surface area contributed by atoms with Gasteiger partial charge in [0.2, 0.25) is 0 Å². The highest BCUT2D eigenvalue weighted by atomic mass is 14.4. The van der Waals surface area contributed by atoms with Crippen molar-refractivity contribution in [2.24, 2.45) is 5.41 Å². The van der Waals surface area contributed by atoms with Crippen LogP contribution in [0.25, 0.3) is 0 Å². The van der Waals surface area contributed by atoms with E-state index in [2.05, 4.69) is 19.7 Å². The Labute approximate surface area is 85.5 Å². The van der Waals surface area contributed by atoms with E-state index in [4.69, 9.17) is 10.5 Å². The summed E-state index contributed by atoms with van der Waals surface area (Å²) in [6, 6.07) is 4.04. The maximum Gasteiger partial charge on any atom is 0.151 e. The zero-order valence-corrected chi connectivity index (χ0v) is 8.51. The van der Waals surface area contributed by atoms with Gasteiger partial charge in [0.15, 0.2) is 5.41 Å². The van der Waals surface area contributed by atoms with E-state index in [0.717, 1.165) is 11.1 Å². The molecule has 0 bridgehead atoms. The Morgan fingerprint density at radius 1 is 1.36 bits per heavy atom. The molecule has 0 N–H and O–H groups in total. The number of hydrogen-bond donors (Lipinski definition) is 0. The molecule has 0 spiro atoms. The van der Waals surface area contributed by atoms with Gasteiger partial charge in [-0.05, 0) is 13.3 Å². The molecule has 72 valence electrons. The van der Waals surface area contributed by atoms with Crippen molar-refractivity contribution in [2.75, 3.05) is 0 Å². The first-order valence-electron chi connectivity index (χ1n) is 4.28. The topological polar surface area (TPSA) is 47.6 Å². The molecule has 0 aliphatic rings. The smallest absolute Gasteiger partial charge is 0.151 e. The Bertz CT molecular complexity index is 322. The first-order chi connectivity index (χ1) is 6.51. The summed E-state index contributed by atoms with van der Waals surface area (Å²) in [5.74, 6) is 0. The maximum atomic E-state index is 8.95. The average molecular weight is 186 g/mol. The van der Waals surface area contributed by atoms with Crippen LogP contribution in [0.5, 0.6) is 0 Å². The second-order valence-electron chi connectivity index (χ2n) is 3.36. The zero-order valence-electron chi connectivity index (χ0n) is 8.51. The molecule has 0 rings (SSSR count). The number of nitrogens with zero attached hydrogens (tertiary/aromatic N) is 2. The van der Waals surface area contributed by atoms with Crippen molar-refractivity contribution in [3.05, 3.63) is 37.0 Å². The molecular formula is C12H14N2. The predicted molar refractivity (Wildman–Crippen MR) is 57.0 cm³/mol. The Hall–Kier alpha value is -1.80. The van der Waals surface area contributed by atoms with Gasteiger partial charge in [-0.25, -0.2) is 0 Å². The van der Waals surface area contributed by atoms with E-state index >= 15 is 0 Å². The minimum atomic E-state index is -1.03. The number of rotatable bonds is 5. The zero-order chi connectivity index (χ0) is 11.2. The first kappa shape index (κ1) is 12.2. The van der Waals surface area contributed by atoms with Gasteiger partial charge in [-0.15, -0.1) is 6.58 Å². The monoisotopic (exact) mass is 186 g/mol. The predicted octanol–water partition coefficient (Wildman–Crippen LogP) is 3.12. The maximum absolute atomic E-state index is 8.95. The number of allylic oxidation sites excluding steroid dienone is 3. The van der Waals surface area contributed by atoms with E-state index in [9.17, 15) is 0 Å². The van der Waals surface area contributed by atoms with Crippen molar-refractivity contribution < 1.29 is 0 Å². The molecule has 0 aromatic carbocycles. The van der Waals surface area contributed by atoms with Crippen LogP contribution in [0.1, 0.15) is 19.8 Å². The van der Waals surface area contributed by atoms with Crippen molar-refractivity contribution in [3.63, 3.8) is 0 Å². The molecule has 14 heavy (non-hydrogen) atoms.